The summed E-state index contributed by atoms with van der Waals surface area (Å²) < 4.78 is 5.43. The van der Waals surface area contributed by atoms with Gasteiger partial charge in [0.25, 0.3) is 0 Å². The number of urea groups is 1. The molecule has 4 nitrogen and oxygen atoms in total. The summed E-state index contributed by atoms with van der Waals surface area (Å²) in [7, 11) is 0. The molecule has 1 aliphatic carbocycles. The van der Waals surface area contributed by atoms with Crippen molar-refractivity contribution >= 4 is 6.03 Å². The molecule has 3 rings (SSSR count). The zero-order valence-corrected chi connectivity index (χ0v) is 13.2. The van der Waals surface area contributed by atoms with Crippen LogP contribution in [-0.4, -0.2) is 43.3 Å². The molecule has 1 aliphatic heterocycles. The van der Waals surface area contributed by atoms with Gasteiger partial charge in [-0.1, -0.05) is 30.3 Å². The molecule has 120 valence electrons. The summed E-state index contributed by atoms with van der Waals surface area (Å²) in [5.74, 6) is 0.524. The van der Waals surface area contributed by atoms with Gasteiger partial charge in [-0.15, -0.1) is 0 Å². The van der Waals surface area contributed by atoms with Gasteiger partial charge in [0.2, 0.25) is 0 Å². The summed E-state index contributed by atoms with van der Waals surface area (Å²) >= 11 is 0. The van der Waals surface area contributed by atoms with Gasteiger partial charge in [-0.05, 0) is 37.7 Å². The van der Waals surface area contributed by atoms with E-state index in [-0.39, 0.29) is 6.03 Å². The maximum Gasteiger partial charge on any atom is 0.317 e. The summed E-state index contributed by atoms with van der Waals surface area (Å²) in [5.41, 5.74) is 1.33. The van der Waals surface area contributed by atoms with Crippen molar-refractivity contribution < 1.29 is 9.53 Å². The predicted molar refractivity (Wildman–Crippen MR) is 86.8 cm³/mol. The van der Waals surface area contributed by atoms with Crippen LogP contribution in [0, 0.1) is 5.92 Å². The number of nitrogens with zero attached hydrogens (tertiary/aromatic N) is 1. The van der Waals surface area contributed by atoms with Crippen LogP contribution in [0.25, 0.3) is 0 Å². The highest BCUT2D eigenvalue weighted by atomic mass is 16.5. The van der Waals surface area contributed by atoms with Gasteiger partial charge < -0.3 is 15.0 Å². The second-order valence-corrected chi connectivity index (χ2v) is 6.43. The first-order valence-electron chi connectivity index (χ1n) is 8.49. The predicted octanol–water partition coefficient (Wildman–Crippen LogP) is 2.83. The minimum absolute atomic E-state index is 0.113. The van der Waals surface area contributed by atoms with E-state index in [2.05, 4.69) is 29.6 Å². The van der Waals surface area contributed by atoms with Crippen LogP contribution in [0.2, 0.25) is 0 Å². The third-order valence-electron chi connectivity index (χ3n) is 4.49. The lowest BCUT2D eigenvalue weighted by atomic mass is 10.1. The van der Waals surface area contributed by atoms with Crippen molar-refractivity contribution in [3.8, 4) is 0 Å². The molecule has 0 spiro atoms. The Balaban J connectivity index is 1.39. The number of ether oxygens (including phenoxy) is 1. The Hall–Kier alpha value is -1.55. The topological polar surface area (TPSA) is 41.6 Å². The lowest BCUT2D eigenvalue weighted by Crippen LogP contribution is -2.44. The quantitative estimate of drug-likeness (QED) is 0.787. The smallest absolute Gasteiger partial charge is 0.317 e. The van der Waals surface area contributed by atoms with Gasteiger partial charge in [-0.25, -0.2) is 4.79 Å². The van der Waals surface area contributed by atoms with E-state index in [1.165, 1.54) is 5.56 Å². The molecule has 1 N–H and O–H groups in total. The van der Waals surface area contributed by atoms with Crippen LogP contribution in [0.15, 0.2) is 30.3 Å². The Morgan fingerprint density at radius 3 is 2.73 bits per heavy atom. The summed E-state index contributed by atoms with van der Waals surface area (Å²) in [6.07, 6.45) is 5.41. The maximum absolute atomic E-state index is 12.4. The zero-order valence-electron chi connectivity index (χ0n) is 13.2. The number of hydrogen-bond acceptors (Lipinski definition) is 2. The molecule has 2 amide bonds. The monoisotopic (exact) mass is 302 g/mol. The number of carbonyl (C=O) groups excluding carboxylic acids is 1. The van der Waals surface area contributed by atoms with Gasteiger partial charge in [-0.3, -0.25) is 0 Å². The van der Waals surface area contributed by atoms with E-state index >= 15 is 0 Å². The van der Waals surface area contributed by atoms with Crippen molar-refractivity contribution in [1.82, 2.24) is 10.2 Å². The molecule has 2 fully saturated rings. The van der Waals surface area contributed by atoms with Gasteiger partial charge in [0, 0.05) is 31.7 Å². The minimum Gasteiger partial charge on any atom is -0.381 e. The maximum atomic E-state index is 12.4. The van der Waals surface area contributed by atoms with Crippen LogP contribution in [0.5, 0.6) is 0 Å². The van der Waals surface area contributed by atoms with Crippen LogP contribution >= 0.6 is 0 Å². The lowest BCUT2D eigenvalue weighted by molar-refractivity contribution is 0.162. The van der Waals surface area contributed by atoms with E-state index in [1.54, 1.807) is 0 Å². The molecule has 0 radical (unpaired) electrons. The number of benzene rings is 1. The third kappa shape index (κ3) is 4.47. The Bertz CT molecular complexity index is 467. The fraction of sp³-hybridized carbons (Fsp3) is 0.611. The van der Waals surface area contributed by atoms with Crippen LogP contribution in [0.3, 0.4) is 0 Å². The normalized spacial score (nSPS) is 20.8. The first-order chi connectivity index (χ1) is 10.8. The third-order valence-corrected chi connectivity index (χ3v) is 4.49. The fourth-order valence-electron chi connectivity index (χ4n) is 3.02. The largest absolute Gasteiger partial charge is 0.381 e. The number of nitrogens with one attached hydrogen (secondary N) is 1. The molecular weight excluding hydrogens is 276 g/mol. The molecule has 2 aliphatic rings. The molecule has 0 aromatic heterocycles. The van der Waals surface area contributed by atoms with Crippen molar-refractivity contribution in [1.29, 1.82) is 0 Å². The lowest BCUT2D eigenvalue weighted by Gasteiger charge is -2.25. The number of carbonyl (C=O) groups is 1. The molecule has 1 heterocycles. The van der Waals surface area contributed by atoms with Crippen LogP contribution in [0.4, 0.5) is 4.79 Å². The van der Waals surface area contributed by atoms with E-state index in [9.17, 15) is 4.79 Å². The molecule has 1 atom stereocenters. The summed E-state index contributed by atoms with van der Waals surface area (Å²) in [5, 5.41) is 3.09. The number of amides is 2. The van der Waals surface area contributed by atoms with Crippen molar-refractivity contribution in [2.75, 3.05) is 26.3 Å². The van der Waals surface area contributed by atoms with Gasteiger partial charge in [0.05, 0.1) is 6.61 Å². The van der Waals surface area contributed by atoms with Crippen LogP contribution in [0.1, 0.15) is 31.2 Å². The minimum atomic E-state index is 0.113. The number of hydrogen-bond donors (Lipinski definition) is 1. The van der Waals surface area contributed by atoms with Crippen LogP contribution in [-0.2, 0) is 11.2 Å². The highest BCUT2D eigenvalue weighted by Crippen LogP contribution is 2.28. The molecule has 0 bridgehead atoms. The van der Waals surface area contributed by atoms with Gasteiger partial charge in [-0.2, -0.15) is 0 Å². The summed E-state index contributed by atoms with van der Waals surface area (Å²) in [6.45, 7) is 3.26. The second kappa shape index (κ2) is 7.63. The molecule has 22 heavy (non-hydrogen) atoms. The highest BCUT2D eigenvalue weighted by molar-refractivity contribution is 5.74. The Labute approximate surface area is 132 Å². The van der Waals surface area contributed by atoms with E-state index < -0.39 is 0 Å². The van der Waals surface area contributed by atoms with Crippen molar-refractivity contribution in [3.63, 3.8) is 0 Å². The summed E-state index contributed by atoms with van der Waals surface area (Å²) in [4.78, 5) is 14.4. The standard InChI is InChI=1S/C18H26N2O2/c21-18(19-11-4-7-15-5-2-1-3-6-15)20(17-8-9-17)13-16-10-12-22-14-16/h1-3,5-6,16-17H,4,7-14H2,(H,19,21). The average molecular weight is 302 g/mol. The van der Waals surface area contributed by atoms with E-state index in [4.69, 9.17) is 4.74 Å². The first-order valence-corrected chi connectivity index (χ1v) is 8.49. The molecule has 4 heteroatoms. The van der Waals surface area contributed by atoms with Crippen LogP contribution < -0.4 is 5.32 Å². The number of aryl methyl sites for hydroxylation is 1. The number of rotatable bonds is 7. The van der Waals surface area contributed by atoms with E-state index in [0.29, 0.717) is 12.0 Å². The Morgan fingerprint density at radius 1 is 1.23 bits per heavy atom. The van der Waals surface area contributed by atoms with Crippen molar-refractivity contribution in [3.05, 3.63) is 35.9 Å². The van der Waals surface area contributed by atoms with Gasteiger partial charge in [0.15, 0.2) is 0 Å². The second-order valence-electron chi connectivity index (χ2n) is 6.43. The van der Waals surface area contributed by atoms with Crippen molar-refractivity contribution in [2.24, 2.45) is 5.92 Å². The highest BCUT2D eigenvalue weighted by Gasteiger charge is 2.34. The molecule has 1 aromatic carbocycles. The zero-order chi connectivity index (χ0) is 15.2. The molecular formula is C18H26N2O2. The first kappa shape index (κ1) is 15.3. The van der Waals surface area contributed by atoms with Crippen molar-refractivity contribution in [2.45, 2.75) is 38.1 Å². The molecule has 1 saturated heterocycles. The van der Waals surface area contributed by atoms with E-state index in [1.807, 2.05) is 11.0 Å². The van der Waals surface area contributed by atoms with E-state index in [0.717, 1.165) is 58.4 Å². The molecule has 1 aromatic rings. The fourth-order valence-corrected chi connectivity index (χ4v) is 3.02. The average Bonchev–Trinajstić information content (AvgIpc) is 3.26. The molecule has 1 unspecified atom stereocenters. The Kier molecular flexibility index (Phi) is 5.33. The Morgan fingerprint density at radius 2 is 2.05 bits per heavy atom. The SMILES string of the molecule is O=C(NCCCc1ccccc1)N(CC1CCOC1)C1CC1. The van der Waals surface area contributed by atoms with Gasteiger partial charge in [0.1, 0.15) is 0 Å². The van der Waals surface area contributed by atoms with Gasteiger partial charge >= 0.3 is 6.03 Å². The summed E-state index contributed by atoms with van der Waals surface area (Å²) in [6, 6.07) is 11.0. The molecule has 1 saturated carbocycles.